The zero-order valence-corrected chi connectivity index (χ0v) is 15.4. The van der Waals surface area contributed by atoms with Crippen molar-refractivity contribution < 1.29 is 0 Å². The fourth-order valence-corrected chi connectivity index (χ4v) is 3.72. The number of aryl methyl sites for hydroxylation is 2. The second-order valence-electron chi connectivity index (χ2n) is 5.05. The van der Waals surface area contributed by atoms with Crippen LogP contribution in [0.4, 0.5) is 0 Å². The lowest BCUT2D eigenvalue weighted by molar-refractivity contribution is 1.02. The lowest BCUT2D eigenvalue weighted by atomic mass is 9.95. The van der Waals surface area contributed by atoms with Gasteiger partial charge in [0.1, 0.15) is 0 Å². The van der Waals surface area contributed by atoms with Gasteiger partial charge in [-0.25, -0.2) is 0 Å². The van der Waals surface area contributed by atoms with Gasteiger partial charge in [-0.2, -0.15) is 0 Å². The molecule has 20 heavy (non-hydrogen) atoms. The van der Waals surface area contributed by atoms with Gasteiger partial charge in [-0.15, -0.1) is 0 Å². The van der Waals surface area contributed by atoms with Gasteiger partial charge in [0.15, 0.2) is 0 Å². The van der Waals surface area contributed by atoms with E-state index in [9.17, 15) is 0 Å². The molecule has 0 aliphatic heterocycles. The van der Waals surface area contributed by atoms with Crippen molar-refractivity contribution in [2.24, 2.45) is 0 Å². The minimum absolute atomic E-state index is 0.246. The molecule has 1 atom stereocenters. The van der Waals surface area contributed by atoms with E-state index < -0.39 is 0 Å². The third-order valence-electron chi connectivity index (χ3n) is 3.87. The van der Waals surface area contributed by atoms with Crippen LogP contribution in [0.5, 0.6) is 0 Å². The van der Waals surface area contributed by atoms with Gasteiger partial charge in [0.25, 0.3) is 0 Å². The highest BCUT2D eigenvalue weighted by Crippen LogP contribution is 2.36. The minimum Gasteiger partial charge on any atom is -0.0786 e. The van der Waals surface area contributed by atoms with Gasteiger partial charge in [0.2, 0.25) is 0 Å². The number of hydrogen-bond acceptors (Lipinski definition) is 0. The maximum atomic E-state index is 3.87. The Morgan fingerprint density at radius 1 is 1.00 bits per heavy atom. The van der Waals surface area contributed by atoms with Gasteiger partial charge in [0.05, 0.1) is 4.83 Å². The molecule has 1 unspecified atom stereocenters. The van der Waals surface area contributed by atoms with E-state index in [2.05, 4.69) is 89.0 Å². The quantitative estimate of drug-likeness (QED) is 0.527. The number of hydrogen-bond donors (Lipinski definition) is 0. The molecular formula is C18H20Br2. The summed E-state index contributed by atoms with van der Waals surface area (Å²) in [4.78, 5) is 0.246. The van der Waals surface area contributed by atoms with Crippen LogP contribution in [-0.2, 0) is 12.8 Å². The lowest BCUT2D eigenvalue weighted by Crippen LogP contribution is -1.99. The highest BCUT2D eigenvalue weighted by atomic mass is 79.9. The fourth-order valence-electron chi connectivity index (χ4n) is 2.56. The van der Waals surface area contributed by atoms with Crippen molar-refractivity contribution >= 4 is 31.9 Å². The molecule has 0 aliphatic carbocycles. The van der Waals surface area contributed by atoms with Crippen molar-refractivity contribution in [3.8, 4) is 0 Å². The van der Waals surface area contributed by atoms with Crippen LogP contribution in [0.25, 0.3) is 0 Å². The average Bonchev–Trinajstić information content (AvgIpc) is 2.48. The van der Waals surface area contributed by atoms with Crippen molar-refractivity contribution in [2.45, 2.75) is 38.4 Å². The highest BCUT2D eigenvalue weighted by Gasteiger charge is 2.15. The molecule has 2 aromatic rings. The van der Waals surface area contributed by atoms with Crippen LogP contribution in [-0.4, -0.2) is 0 Å². The Labute approximate surface area is 138 Å². The first-order chi connectivity index (χ1) is 9.58. The molecule has 0 amide bonds. The van der Waals surface area contributed by atoms with E-state index in [1.165, 1.54) is 32.3 Å². The average molecular weight is 396 g/mol. The van der Waals surface area contributed by atoms with E-state index in [1.54, 1.807) is 0 Å². The van der Waals surface area contributed by atoms with Crippen LogP contribution >= 0.6 is 31.9 Å². The van der Waals surface area contributed by atoms with Crippen LogP contribution in [0.3, 0.4) is 0 Å². The molecule has 0 aromatic heterocycles. The van der Waals surface area contributed by atoms with E-state index in [4.69, 9.17) is 0 Å². The number of alkyl halides is 1. The SMILES string of the molecule is CCc1ccc(C(Br)c2cccc(Br)c2C)cc1CC. The molecule has 0 fully saturated rings. The Balaban J connectivity index is 2.43. The lowest BCUT2D eigenvalue weighted by Gasteiger charge is -2.17. The maximum Gasteiger partial charge on any atom is 0.0647 e. The second-order valence-corrected chi connectivity index (χ2v) is 6.82. The molecule has 0 radical (unpaired) electrons. The predicted molar refractivity (Wildman–Crippen MR) is 94.8 cm³/mol. The first-order valence-corrected chi connectivity index (χ1v) is 8.80. The Hall–Kier alpha value is -0.600. The molecule has 0 spiro atoms. The van der Waals surface area contributed by atoms with Crippen LogP contribution in [0.15, 0.2) is 40.9 Å². The molecule has 0 nitrogen and oxygen atoms in total. The topological polar surface area (TPSA) is 0 Å². The van der Waals surface area contributed by atoms with Gasteiger partial charge in [-0.05, 0) is 53.6 Å². The van der Waals surface area contributed by atoms with Crippen LogP contribution in [0, 0.1) is 6.92 Å². The number of benzene rings is 2. The summed E-state index contributed by atoms with van der Waals surface area (Å²) in [7, 11) is 0. The summed E-state index contributed by atoms with van der Waals surface area (Å²) in [6.07, 6.45) is 2.19. The largest absolute Gasteiger partial charge is 0.0786 e. The minimum atomic E-state index is 0.246. The van der Waals surface area contributed by atoms with E-state index >= 15 is 0 Å². The molecule has 0 aliphatic rings. The monoisotopic (exact) mass is 394 g/mol. The zero-order chi connectivity index (χ0) is 14.7. The molecule has 106 valence electrons. The maximum absolute atomic E-state index is 3.87. The summed E-state index contributed by atoms with van der Waals surface area (Å²) in [5.41, 5.74) is 6.88. The highest BCUT2D eigenvalue weighted by molar-refractivity contribution is 9.10. The van der Waals surface area contributed by atoms with Crippen molar-refractivity contribution in [3.63, 3.8) is 0 Å². The van der Waals surface area contributed by atoms with Crippen LogP contribution in [0.2, 0.25) is 0 Å². The van der Waals surface area contributed by atoms with Crippen molar-refractivity contribution in [1.29, 1.82) is 0 Å². The van der Waals surface area contributed by atoms with E-state index in [1.807, 2.05) is 0 Å². The van der Waals surface area contributed by atoms with E-state index in [0.717, 1.165) is 12.8 Å². The van der Waals surface area contributed by atoms with E-state index in [0.29, 0.717) is 0 Å². The van der Waals surface area contributed by atoms with Gasteiger partial charge in [0, 0.05) is 4.47 Å². The summed E-state index contributed by atoms with van der Waals surface area (Å²) in [6.45, 7) is 6.61. The summed E-state index contributed by atoms with van der Waals surface area (Å²) in [5, 5.41) is 0. The molecule has 2 aromatic carbocycles. The van der Waals surface area contributed by atoms with Gasteiger partial charge >= 0.3 is 0 Å². The summed E-state index contributed by atoms with van der Waals surface area (Å²) >= 11 is 7.49. The molecule has 0 bridgehead atoms. The summed E-state index contributed by atoms with van der Waals surface area (Å²) in [6, 6.07) is 13.3. The Morgan fingerprint density at radius 3 is 2.35 bits per heavy atom. The van der Waals surface area contributed by atoms with Gasteiger partial charge in [-0.3, -0.25) is 0 Å². The van der Waals surface area contributed by atoms with Gasteiger partial charge < -0.3 is 0 Å². The molecule has 2 heteroatoms. The first kappa shape index (κ1) is 15.8. The molecule has 0 saturated carbocycles. The summed E-state index contributed by atoms with van der Waals surface area (Å²) < 4.78 is 1.17. The zero-order valence-electron chi connectivity index (χ0n) is 12.2. The normalized spacial score (nSPS) is 12.4. The third kappa shape index (κ3) is 3.17. The first-order valence-electron chi connectivity index (χ1n) is 7.09. The summed E-state index contributed by atoms with van der Waals surface area (Å²) in [5.74, 6) is 0. The smallest absolute Gasteiger partial charge is 0.0647 e. The molecule has 0 saturated heterocycles. The second kappa shape index (κ2) is 6.91. The van der Waals surface area contributed by atoms with Crippen molar-refractivity contribution in [1.82, 2.24) is 0 Å². The Bertz CT molecular complexity index is 602. The molecule has 2 rings (SSSR count). The van der Waals surface area contributed by atoms with Crippen LogP contribution < -0.4 is 0 Å². The number of halogens is 2. The molecule has 0 N–H and O–H groups in total. The molecule has 0 heterocycles. The van der Waals surface area contributed by atoms with Crippen molar-refractivity contribution in [3.05, 3.63) is 68.7 Å². The third-order valence-corrected chi connectivity index (χ3v) is 5.75. The Kier molecular flexibility index (Phi) is 5.45. The number of rotatable bonds is 4. The molecular weight excluding hydrogens is 376 g/mol. The van der Waals surface area contributed by atoms with Crippen molar-refractivity contribution in [2.75, 3.05) is 0 Å². The fraction of sp³-hybridized carbons (Fsp3) is 0.333. The van der Waals surface area contributed by atoms with Gasteiger partial charge in [-0.1, -0.05) is 76.0 Å². The van der Waals surface area contributed by atoms with E-state index in [-0.39, 0.29) is 4.83 Å². The van der Waals surface area contributed by atoms with Crippen LogP contribution in [0.1, 0.15) is 46.5 Å². The predicted octanol–water partition coefficient (Wildman–Crippen LogP) is 6.37. The standard InChI is InChI=1S/C18H20Br2/c1-4-13-9-10-15(11-14(13)5-2)18(20)16-7-6-8-17(19)12(16)3/h6-11,18H,4-5H2,1-3H3. The Morgan fingerprint density at radius 2 is 1.70 bits per heavy atom.